The monoisotopic (exact) mass is 293 g/mol. The second-order valence-electron chi connectivity index (χ2n) is 6.37. The molecule has 1 aliphatic carbocycles. The van der Waals surface area contributed by atoms with Crippen molar-refractivity contribution in [1.82, 2.24) is 0 Å². The molecular formula is C17H24ClNO. The molecule has 2 N–H and O–H groups in total. The quantitative estimate of drug-likeness (QED) is 0.915. The maximum absolute atomic E-state index is 6.35. The van der Waals surface area contributed by atoms with E-state index in [4.69, 9.17) is 22.1 Å². The third-order valence-electron chi connectivity index (χ3n) is 5.03. The first-order valence-electron chi connectivity index (χ1n) is 7.87. The molecule has 2 nitrogen and oxygen atoms in total. The molecule has 1 heterocycles. The standard InChI is InChI=1S/C17H24ClNO/c1-2-11-3-4-16(19)13(7-11)8-14-10-15(18)9-12-5-6-20-17(12)14/h9-11,13,16H,2-8,19H2,1H3. The van der Waals surface area contributed by atoms with Crippen molar-refractivity contribution in [3.05, 3.63) is 28.3 Å². The average molecular weight is 294 g/mol. The third kappa shape index (κ3) is 2.82. The summed E-state index contributed by atoms with van der Waals surface area (Å²) in [7, 11) is 0. The SMILES string of the molecule is CCC1CCC(N)C(Cc2cc(Cl)cc3c2OCC3)C1. The highest BCUT2D eigenvalue weighted by atomic mass is 35.5. The first-order chi connectivity index (χ1) is 9.67. The van der Waals surface area contributed by atoms with Gasteiger partial charge in [-0.1, -0.05) is 24.9 Å². The van der Waals surface area contributed by atoms with Gasteiger partial charge in [0.1, 0.15) is 5.75 Å². The molecule has 0 aromatic heterocycles. The van der Waals surface area contributed by atoms with E-state index in [1.807, 2.05) is 6.07 Å². The van der Waals surface area contributed by atoms with Crippen LogP contribution in [0.25, 0.3) is 0 Å². The second kappa shape index (κ2) is 5.95. The van der Waals surface area contributed by atoms with E-state index in [2.05, 4.69) is 13.0 Å². The zero-order valence-electron chi connectivity index (χ0n) is 12.2. The summed E-state index contributed by atoms with van der Waals surface area (Å²) in [4.78, 5) is 0. The van der Waals surface area contributed by atoms with Crippen LogP contribution in [0.4, 0.5) is 0 Å². The largest absolute Gasteiger partial charge is 0.493 e. The molecule has 20 heavy (non-hydrogen) atoms. The molecule has 1 aliphatic heterocycles. The average Bonchev–Trinajstić information content (AvgIpc) is 2.89. The van der Waals surface area contributed by atoms with Gasteiger partial charge in [-0.15, -0.1) is 0 Å². The van der Waals surface area contributed by atoms with E-state index in [9.17, 15) is 0 Å². The van der Waals surface area contributed by atoms with Gasteiger partial charge in [0.25, 0.3) is 0 Å². The minimum Gasteiger partial charge on any atom is -0.493 e. The Hall–Kier alpha value is -0.730. The normalized spacial score (nSPS) is 29.1. The van der Waals surface area contributed by atoms with Gasteiger partial charge >= 0.3 is 0 Å². The fraction of sp³-hybridized carbons (Fsp3) is 0.647. The summed E-state index contributed by atoms with van der Waals surface area (Å²) in [6.45, 7) is 3.08. The molecule has 1 fully saturated rings. The van der Waals surface area contributed by atoms with Gasteiger partial charge in [0.15, 0.2) is 0 Å². The molecular weight excluding hydrogens is 270 g/mol. The Labute approximate surface area is 126 Å². The Balaban J connectivity index is 1.80. The van der Waals surface area contributed by atoms with E-state index in [0.717, 1.165) is 42.6 Å². The number of rotatable bonds is 3. The Bertz CT molecular complexity index is 488. The molecule has 1 saturated carbocycles. The minimum atomic E-state index is 0.328. The summed E-state index contributed by atoms with van der Waals surface area (Å²) in [5, 5.41) is 0.834. The third-order valence-corrected chi connectivity index (χ3v) is 5.25. The molecule has 3 unspecified atom stereocenters. The number of fused-ring (bicyclic) bond motifs is 1. The smallest absolute Gasteiger partial charge is 0.125 e. The topological polar surface area (TPSA) is 35.2 Å². The van der Waals surface area contributed by atoms with Crippen LogP contribution in [0.2, 0.25) is 5.02 Å². The van der Waals surface area contributed by atoms with E-state index in [1.54, 1.807) is 0 Å². The highest BCUT2D eigenvalue weighted by Crippen LogP contribution is 2.38. The summed E-state index contributed by atoms with van der Waals surface area (Å²) < 4.78 is 5.82. The predicted octanol–water partition coefficient (Wildman–Crippen LogP) is 3.97. The van der Waals surface area contributed by atoms with Crippen LogP contribution in [0.5, 0.6) is 5.75 Å². The molecule has 3 rings (SSSR count). The van der Waals surface area contributed by atoms with Crippen molar-refractivity contribution in [1.29, 1.82) is 0 Å². The number of nitrogens with two attached hydrogens (primary N) is 1. The summed E-state index contributed by atoms with van der Waals surface area (Å²) in [5.41, 5.74) is 8.89. The van der Waals surface area contributed by atoms with Crippen LogP contribution >= 0.6 is 11.6 Å². The van der Waals surface area contributed by atoms with Crippen LogP contribution in [0, 0.1) is 11.8 Å². The highest BCUT2D eigenvalue weighted by Gasteiger charge is 2.29. The van der Waals surface area contributed by atoms with Gasteiger partial charge in [-0.2, -0.15) is 0 Å². The predicted molar refractivity (Wildman–Crippen MR) is 83.5 cm³/mol. The molecule has 1 aromatic rings. The van der Waals surface area contributed by atoms with Crippen LogP contribution in [-0.4, -0.2) is 12.6 Å². The van der Waals surface area contributed by atoms with Crippen molar-refractivity contribution < 1.29 is 4.74 Å². The maximum atomic E-state index is 6.35. The van der Waals surface area contributed by atoms with Gasteiger partial charge < -0.3 is 10.5 Å². The number of hydrogen-bond donors (Lipinski definition) is 1. The van der Waals surface area contributed by atoms with Crippen LogP contribution < -0.4 is 10.5 Å². The van der Waals surface area contributed by atoms with Gasteiger partial charge in [-0.25, -0.2) is 0 Å². The fourth-order valence-electron chi connectivity index (χ4n) is 3.77. The molecule has 0 bridgehead atoms. The lowest BCUT2D eigenvalue weighted by Gasteiger charge is -2.34. The van der Waals surface area contributed by atoms with Crippen LogP contribution in [0.15, 0.2) is 12.1 Å². The van der Waals surface area contributed by atoms with Gasteiger partial charge in [-0.3, -0.25) is 0 Å². The lowest BCUT2D eigenvalue weighted by molar-refractivity contribution is 0.225. The zero-order valence-corrected chi connectivity index (χ0v) is 13.0. The first-order valence-corrected chi connectivity index (χ1v) is 8.24. The van der Waals surface area contributed by atoms with E-state index >= 15 is 0 Å². The highest BCUT2D eigenvalue weighted by molar-refractivity contribution is 6.30. The van der Waals surface area contributed by atoms with Gasteiger partial charge in [0, 0.05) is 17.5 Å². The molecule has 2 aliphatic rings. The number of benzene rings is 1. The zero-order chi connectivity index (χ0) is 14.1. The molecule has 0 amide bonds. The summed E-state index contributed by atoms with van der Waals surface area (Å²) >= 11 is 6.25. The Morgan fingerprint density at radius 3 is 3.00 bits per heavy atom. The molecule has 0 saturated heterocycles. The number of hydrogen-bond acceptors (Lipinski definition) is 2. The van der Waals surface area contributed by atoms with Crippen molar-refractivity contribution in [2.75, 3.05) is 6.61 Å². The van der Waals surface area contributed by atoms with Gasteiger partial charge in [0.2, 0.25) is 0 Å². The van der Waals surface area contributed by atoms with Crippen molar-refractivity contribution in [2.45, 2.75) is 51.5 Å². The van der Waals surface area contributed by atoms with Crippen LogP contribution in [0.3, 0.4) is 0 Å². The Kier molecular flexibility index (Phi) is 4.23. The number of ether oxygens (including phenoxy) is 1. The lowest BCUT2D eigenvalue weighted by Crippen LogP contribution is -2.37. The molecule has 3 atom stereocenters. The van der Waals surface area contributed by atoms with Gasteiger partial charge in [-0.05, 0) is 60.8 Å². The molecule has 0 radical (unpaired) electrons. The summed E-state index contributed by atoms with van der Waals surface area (Å²) in [6.07, 6.45) is 6.97. The van der Waals surface area contributed by atoms with Crippen molar-refractivity contribution in [3.8, 4) is 5.75 Å². The van der Waals surface area contributed by atoms with Crippen molar-refractivity contribution in [2.24, 2.45) is 17.6 Å². The fourth-order valence-corrected chi connectivity index (χ4v) is 4.03. The van der Waals surface area contributed by atoms with E-state index < -0.39 is 0 Å². The number of halogens is 1. The van der Waals surface area contributed by atoms with Crippen molar-refractivity contribution >= 4 is 11.6 Å². The Morgan fingerprint density at radius 2 is 2.20 bits per heavy atom. The van der Waals surface area contributed by atoms with Crippen LogP contribution in [-0.2, 0) is 12.8 Å². The van der Waals surface area contributed by atoms with Crippen LogP contribution in [0.1, 0.15) is 43.7 Å². The molecule has 0 spiro atoms. The molecule has 110 valence electrons. The van der Waals surface area contributed by atoms with Crippen molar-refractivity contribution in [3.63, 3.8) is 0 Å². The van der Waals surface area contributed by atoms with E-state index in [0.29, 0.717) is 12.0 Å². The second-order valence-corrected chi connectivity index (χ2v) is 6.80. The molecule has 1 aromatic carbocycles. The summed E-state index contributed by atoms with van der Waals surface area (Å²) in [6, 6.07) is 4.45. The summed E-state index contributed by atoms with van der Waals surface area (Å²) in [5.74, 6) is 2.49. The Morgan fingerprint density at radius 1 is 1.35 bits per heavy atom. The lowest BCUT2D eigenvalue weighted by atomic mass is 9.74. The van der Waals surface area contributed by atoms with E-state index in [1.165, 1.54) is 30.4 Å². The molecule has 3 heteroatoms. The van der Waals surface area contributed by atoms with Gasteiger partial charge in [0.05, 0.1) is 6.61 Å². The van der Waals surface area contributed by atoms with E-state index in [-0.39, 0.29) is 0 Å². The minimum absolute atomic E-state index is 0.328. The first kappa shape index (κ1) is 14.2. The maximum Gasteiger partial charge on any atom is 0.125 e.